The fraction of sp³-hybridized carbons (Fsp3) is 0.833. The summed E-state index contributed by atoms with van der Waals surface area (Å²) in [5.41, 5.74) is 9.71. The minimum atomic E-state index is -4.49. The first-order valence-corrected chi connectivity index (χ1v) is 3.56. The van der Waals surface area contributed by atoms with Gasteiger partial charge in [-0.2, -0.15) is 13.2 Å². The second-order valence-electron chi connectivity index (χ2n) is 2.67. The lowest BCUT2D eigenvalue weighted by Crippen LogP contribution is -2.40. The van der Waals surface area contributed by atoms with Crippen molar-refractivity contribution in [3.63, 3.8) is 0 Å². The molecule has 0 heterocycles. The minimum Gasteiger partial charge on any atom is -0.480 e. The molecule has 0 radical (unpaired) electrons. The van der Waals surface area contributed by atoms with Gasteiger partial charge in [0.2, 0.25) is 0 Å². The zero-order valence-electron chi connectivity index (χ0n) is 7.12. The van der Waals surface area contributed by atoms with Gasteiger partial charge in [-0.1, -0.05) is 0 Å². The first-order chi connectivity index (χ1) is 5.75. The zero-order valence-corrected chi connectivity index (χ0v) is 7.94. The summed E-state index contributed by atoms with van der Waals surface area (Å²) in [5.74, 6) is -1.32. The van der Waals surface area contributed by atoms with Crippen LogP contribution >= 0.6 is 12.4 Å². The molecule has 5 N–H and O–H groups in total. The highest BCUT2D eigenvalue weighted by molar-refractivity contribution is 5.85. The normalized spacial score (nSPS) is 15.5. The van der Waals surface area contributed by atoms with Gasteiger partial charge in [-0.05, 0) is 12.8 Å². The van der Waals surface area contributed by atoms with Crippen molar-refractivity contribution in [2.45, 2.75) is 31.1 Å². The molecular formula is C6H12ClF3N2O2. The van der Waals surface area contributed by atoms with Crippen molar-refractivity contribution in [3.05, 3.63) is 0 Å². The Bertz CT molecular complexity index is 188. The molecule has 0 saturated carbocycles. The van der Waals surface area contributed by atoms with E-state index in [0.29, 0.717) is 0 Å². The van der Waals surface area contributed by atoms with E-state index in [1.807, 2.05) is 0 Å². The zero-order chi connectivity index (χ0) is 10.6. The van der Waals surface area contributed by atoms with Crippen molar-refractivity contribution >= 4 is 18.4 Å². The SMILES string of the molecule is Cl.N[C@@H](CC[C@H](N)C(F)(F)F)C(=O)O. The predicted octanol–water partition coefficient (Wildman–Crippen LogP) is 0.490. The van der Waals surface area contributed by atoms with E-state index in [0.717, 1.165) is 0 Å². The molecule has 0 unspecified atom stereocenters. The minimum absolute atomic E-state index is 0. The Hall–Kier alpha value is -0.530. The number of hydrogen-bond acceptors (Lipinski definition) is 3. The summed E-state index contributed by atoms with van der Waals surface area (Å²) in [7, 11) is 0. The fourth-order valence-corrected chi connectivity index (χ4v) is 0.646. The summed E-state index contributed by atoms with van der Waals surface area (Å²) in [4.78, 5) is 10.1. The van der Waals surface area contributed by atoms with Crippen LogP contribution in [0.2, 0.25) is 0 Å². The number of halogens is 4. The summed E-state index contributed by atoms with van der Waals surface area (Å²) in [6.07, 6.45) is -5.24. The molecule has 86 valence electrons. The first-order valence-electron chi connectivity index (χ1n) is 3.56. The molecule has 0 saturated heterocycles. The van der Waals surface area contributed by atoms with Crippen molar-refractivity contribution in [2.24, 2.45) is 11.5 Å². The monoisotopic (exact) mass is 236 g/mol. The van der Waals surface area contributed by atoms with E-state index in [4.69, 9.17) is 16.6 Å². The first kappa shape index (κ1) is 15.9. The van der Waals surface area contributed by atoms with Crippen LogP contribution in [0, 0.1) is 0 Å². The van der Waals surface area contributed by atoms with E-state index in [2.05, 4.69) is 0 Å². The van der Waals surface area contributed by atoms with Gasteiger partial charge < -0.3 is 16.6 Å². The molecule has 0 aliphatic carbocycles. The van der Waals surface area contributed by atoms with Gasteiger partial charge in [0, 0.05) is 0 Å². The lowest BCUT2D eigenvalue weighted by atomic mass is 10.1. The highest BCUT2D eigenvalue weighted by atomic mass is 35.5. The molecule has 0 aromatic heterocycles. The lowest BCUT2D eigenvalue weighted by molar-refractivity contribution is -0.151. The van der Waals surface area contributed by atoms with Crippen LogP contribution in [0.1, 0.15) is 12.8 Å². The molecule has 8 heteroatoms. The van der Waals surface area contributed by atoms with E-state index < -0.39 is 30.7 Å². The number of hydrogen-bond donors (Lipinski definition) is 3. The van der Waals surface area contributed by atoms with Crippen LogP contribution in [0.4, 0.5) is 13.2 Å². The Morgan fingerprint density at radius 3 is 2.00 bits per heavy atom. The van der Waals surface area contributed by atoms with Gasteiger partial charge in [0.25, 0.3) is 0 Å². The number of rotatable bonds is 4. The molecule has 2 atom stereocenters. The maximum Gasteiger partial charge on any atom is 0.403 e. The van der Waals surface area contributed by atoms with Gasteiger partial charge in [0.1, 0.15) is 12.1 Å². The number of carboxylic acid groups (broad SMARTS) is 1. The van der Waals surface area contributed by atoms with E-state index in [1.54, 1.807) is 0 Å². The Morgan fingerprint density at radius 1 is 1.29 bits per heavy atom. The van der Waals surface area contributed by atoms with Crippen LogP contribution in [-0.4, -0.2) is 29.3 Å². The smallest absolute Gasteiger partial charge is 0.403 e. The summed E-state index contributed by atoms with van der Waals surface area (Å²) in [5, 5.41) is 8.25. The Labute approximate surface area is 84.8 Å². The maximum absolute atomic E-state index is 11.8. The Balaban J connectivity index is 0. The number of nitrogens with two attached hydrogens (primary N) is 2. The molecule has 0 bridgehead atoms. The Kier molecular flexibility index (Phi) is 6.88. The van der Waals surface area contributed by atoms with Crippen LogP contribution in [0.25, 0.3) is 0 Å². The third kappa shape index (κ3) is 6.01. The highest BCUT2D eigenvalue weighted by Gasteiger charge is 2.36. The van der Waals surface area contributed by atoms with Crippen LogP contribution < -0.4 is 11.5 Å². The summed E-state index contributed by atoms with van der Waals surface area (Å²) >= 11 is 0. The maximum atomic E-state index is 11.8. The van der Waals surface area contributed by atoms with Crippen molar-refractivity contribution in [1.82, 2.24) is 0 Å². The van der Waals surface area contributed by atoms with E-state index in [-0.39, 0.29) is 18.8 Å². The lowest BCUT2D eigenvalue weighted by Gasteiger charge is -2.16. The average Bonchev–Trinajstić information content (AvgIpc) is 1.97. The van der Waals surface area contributed by atoms with Crippen molar-refractivity contribution < 1.29 is 23.1 Å². The van der Waals surface area contributed by atoms with E-state index in [1.165, 1.54) is 0 Å². The van der Waals surface area contributed by atoms with Gasteiger partial charge >= 0.3 is 12.1 Å². The van der Waals surface area contributed by atoms with Gasteiger partial charge in [0.15, 0.2) is 0 Å². The van der Waals surface area contributed by atoms with E-state index in [9.17, 15) is 18.0 Å². The second kappa shape index (κ2) is 6.05. The number of alkyl halides is 3. The van der Waals surface area contributed by atoms with Gasteiger partial charge in [-0.15, -0.1) is 12.4 Å². The number of aliphatic carboxylic acids is 1. The Morgan fingerprint density at radius 2 is 1.71 bits per heavy atom. The molecule has 0 fully saturated rings. The molecule has 4 nitrogen and oxygen atoms in total. The highest BCUT2D eigenvalue weighted by Crippen LogP contribution is 2.21. The molecule has 0 aromatic rings. The third-order valence-electron chi connectivity index (χ3n) is 1.53. The summed E-state index contributed by atoms with van der Waals surface area (Å²) < 4.78 is 35.4. The predicted molar refractivity (Wildman–Crippen MR) is 46.1 cm³/mol. The average molecular weight is 237 g/mol. The molecule has 0 aliphatic heterocycles. The number of carbonyl (C=O) groups is 1. The van der Waals surface area contributed by atoms with Gasteiger partial charge in [-0.3, -0.25) is 4.79 Å². The van der Waals surface area contributed by atoms with Crippen LogP contribution in [-0.2, 0) is 4.79 Å². The largest absolute Gasteiger partial charge is 0.480 e. The van der Waals surface area contributed by atoms with E-state index >= 15 is 0 Å². The van der Waals surface area contributed by atoms with Crippen LogP contribution in [0.15, 0.2) is 0 Å². The molecule has 0 aromatic carbocycles. The second-order valence-corrected chi connectivity index (χ2v) is 2.67. The van der Waals surface area contributed by atoms with Crippen molar-refractivity contribution in [3.8, 4) is 0 Å². The third-order valence-corrected chi connectivity index (χ3v) is 1.53. The molecule has 0 rings (SSSR count). The van der Waals surface area contributed by atoms with Gasteiger partial charge in [-0.25, -0.2) is 0 Å². The standard InChI is InChI=1S/C6H11F3N2O2.ClH/c7-6(8,9)4(11)2-1-3(10)5(12)13;/h3-4H,1-2,10-11H2,(H,12,13);1H/t3-,4-;/m0./s1. The molecular weight excluding hydrogens is 225 g/mol. The molecule has 0 spiro atoms. The fourth-order valence-electron chi connectivity index (χ4n) is 0.646. The molecule has 0 aliphatic rings. The van der Waals surface area contributed by atoms with Gasteiger partial charge in [0.05, 0.1) is 0 Å². The van der Waals surface area contributed by atoms with Crippen LogP contribution in [0.3, 0.4) is 0 Å². The van der Waals surface area contributed by atoms with Crippen molar-refractivity contribution in [2.75, 3.05) is 0 Å². The quantitative estimate of drug-likeness (QED) is 0.663. The number of carboxylic acids is 1. The van der Waals surface area contributed by atoms with Crippen molar-refractivity contribution in [1.29, 1.82) is 0 Å². The molecule has 14 heavy (non-hydrogen) atoms. The summed E-state index contributed by atoms with van der Waals surface area (Å²) in [6.45, 7) is 0. The summed E-state index contributed by atoms with van der Waals surface area (Å²) in [6, 6.07) is -3.29. The molecule has 0 amide bonds. The van der Waals surface area contributed by atoms with Crippen LogP contribution in [0.5, 0.6) is 0 Å². The topological polar surface area (TPSA) is 89.3 Å².